The molecule has 1 heterocycles. The molecule has 6 heteroatoms. The maximum atomic E-state index is 13.9. The first-order valence-electron chi connectivity index (χ1n) is 7.03. The van der Waals surface area contributed by atoms with E-state index >= 15 is 0 Å². The largest absolute Gasteiger partial charge is 0.399 e. The second-order valence-electron chi connectivity index (χ2n) is 5.24. The van der Waals surface area contributed by atoms with Gasteiger partial charge in [-0.15, -0.1) is 12.4 Å². The van der Waals surface area contributed by atoms with Crippen molar-refractivity contribution in [1.82, 2.24) is 4.57 Å². The lowest BCUT2D eigenvalue weighted by atomic mass is 10.1. The number of hydrogen-bond acceptors (Lipinski definition) is 2. The molecule has 0 amide bonds. The molecular formula is C18H15Cl2FN2O. The molecule has 0 fully saturated rings. The predicted molar refractivity (Wildman–Crippen MR) is 98.3 cm³/mol. The highest BCUT2D eigenvalue weighted by Gasteiger charge is 2.07. The Morgan fingerprint density at radius 3 is 2.33 bits per heavy atom. The highest BCUT2D eigenvalue weighted by atomic mass is 35.5. The first-order valence-corrected chi connectivity index (χ1v) is 7.41. The van der Waals surface area contributed by atoms with Crippen molar-refractivity contribution < 1.29 is 4.39 Å². The lowest BCUT2D eigenvalue weighted by Crippen LogP contribution is -2.19. The molecule has 0 aliphatic rings. The van der Waals surface area contributed by atoms with Crippen molar-refractivity contribution in [2.24, 2.45) is 0 Å². The number of aromatic nitrogens is 1. The topological polar surface area (TPSA) is 48.0 Å². The van der Waals surface area contributed by atoms with Crippen molar-refractivity contribution in [1.29, 1.82) is 0 Å². The Labute approximate surface area is 149 Å². The van der Waals surface area contributed by atoms with Gasteiger partial charge in [0.25, 0.3) is 5.56 Å². The maximum Gasteiger partial charge on any atom is 0.250 e. The Kier molecular flexibility index (Phi) is 5.65. The van der Waals surface area contributed by atoms with Crippen molar-refractivity contribution in [3.63, 3.8) is 0 Å². The number of halogens is 3. The number of nitrogens with two attached hydrogens (primary N) is 1. The van der Waals surface area contributed by atoms with E-state index < -0.39 is 5.82 Å². The van der Waals surface area contributed by atoms with Crippen molar-refractivity contribution in [3.05, 3.63) is 87.6 Å². The highest BCUT2D eigenvalue weighted by Crippen LogP contribution is 2.20. The van der Waals surface area contributed by atoms with Gasteiger partial charge in [0.15, 0.2) is 0 Å². The van der Waals surface area contributed by atoms with Gasteiger partial charge in [0.1, 0.15) is 5.82 Å². The van der Waals surface area contributed by atoms with Gasteiger partial charge in [0.2, 0.25) is 0 Å². The molecule has 0 spiro atoms. The number of nitrogens with zero attached hydrogens (tertiary/aromatic N) is 1. The zero-order valence-electron chi connectivity index (χ0n) is 12.6. The fourth-order valence-corrected chi connectivity index (χ4v) is 2.49. The van der Waals surface area contributed by atoms with E-state index in [2.05, 4.69) is 0 Å². The second kappa shape index (κ2) is 7.51. The van der Waals surface area contributed by atoms with Crippen LogP contribution in [0.2, 0.25) is 5.02 Å². The van der Waals surface area contributed by atoms with E-state index in [-0.39, 0.29) is 24.5 Å². The molecule has 3 rings (SSSR count). The van der Waals surface area contributed by atoms with Crippen LogP contribution in [0.25, 0.3) is 11.1 Å². The highest BCUT2D eigenvalue weighted by molar-refractivity contribution is 6.30. The second-order valence-corrected chi connectivity index (χ2v) is 5.68. The average Bonchev–Trinajstić information content (AvgIpc) is 2.53. The maximum absolute atomic E-state index is 13.9. The van der Waals surface area contributed by atoms with Gasteiger partial charge in [0, 0.05) is 28.5 Å². The third kappa shape index (κ3) is 3.96. The Balaban J connectivity index is 0.00000208. The van der Waals surface area contributed by atoms with Crippen LogP contribution in [0.5, 0.6) is 0 Å². The normalized spacial score (nSPS) is 10.2. The number of nitrogen functional groups attached to an aromatic ring is 1. The van der Waals surface area contributed by atoms with E-state index in [1.165, 1.54) is 16.7 Å². The molecule has 0 bridgehead atoms. The Bertz CT molecular complexity index is 908. The summed E-state index contributed by atoms with van der Waals surface area (Å²) in [6.45, 7) is 0.144. The Morgan fingerprint density at radius 1 is 1.00 bits per heavy atom. The summed E-state index contributed by atoms with van der Waals surface area (Å²) in [5.41, 5.74) is 8.36. The van der Waals surface area contributed by atoms with Crippen molar-refractivity contribution in [3.8, 4) is 11.1 Å². The van der Waals surface area contributed by atoms with Crippen LogP contribution in [0, 0.1) is 5.82 Å². The van der Waals surface area contributed by atoms with Crippen LogP contribution >= 0.6 is 24.0 Å². The average molecular weight is 365 g/mol. The molecule has 0 aliphatic heterocycles. The van der Waals surface area contributed by atoms with Crippen LogP contribution in [0.1, 0.15) is 5.56 Å². The van der Waals surface area contributed by atoms with Crippen molar-refractivity contribution in [2.45, 2.75) is 6.54 Å². The lowest BCUT2D eigenvalue weighted by molar-refractivity contribution is 0.596. The summed E-state index contributed by atoms with van der Waals surface area (Å²) in [6, 6.07) is 15.0. The summed E-state index contributed by atoms with van der Waals surface area (Å²) in [5.74, 6) is -0.428. The molecule has 0 radical (unpaired) electrons. The molecule has 1 aromatic heterocycles. The number of rotatable bonds is 3. The van der Waals surface area contributed by atoms with Gasteiger partial charge < -0.3 is 10.3 Å². The number of hydrogen-bond donors (Lipinski definition) is 1. The van der Waals surface area contributed by atoms with Crippen LogP contribution in [0.4, 0.5) is 10.1 Å². The van der Waals surface area contributed by atoms with Gasteiger partial charge in [-0.3, -0.25) is 4.79 Å². The van der Waals surface area contributed by atoms with Gasteiger partial charge in [-0.1, -0.05) is 29.8 Å². The minimum absolute atomic E-state index is 0. The van der Waals surface area contributed by atoms with Gasteiger partial charge in [-0.05, 0) is 41.5 Å². The first-order chi connectivity index (χ1) is 11.0. The fraction of sp³-hybridized carbons (Fsp3) is 0.0556. The van der Waals surface area contributed by atoms with Crippen molar-refractivity contribution >= 4 is 29.7 Å². The standard InChI is InChI=1S/C18H14ClFN2O.ClH/c19-15-5-1-14(17(20)9-15)11-22-10-13(4-8-18(22)23)12-2-6-16(21)7-3-12;/h1-10H,11,21H2;1H. The van der Waals surface area contributed by atoms with E-state index in [1.54, 1.807) is 36.5 Å². The summed E-state index contributed by atoms with van der Waals surface area (Å²) in [4.78, 5) is 12.0. The molecule has 3 aromatic rings. The smallest absolute Gasteiger partial charge is 0.250 e. The van der Waals surface area contributed by atoms with Crippen LogP contribution in [-0.2, 0) is 6.54 Å². The Morgan fingerprint density at radius 2 is 1.67 bits per heavy atom. The van der Waals surface area contributed by atoms with Crippen LogP contribution in [0.3, 0.4) is 0 Å². The van der Waals surface area contributed by atoms with Gasteiger partial charge >= 0.3 is 0 Å². The van der Waals surface area contributed by atoms with E-state index in [1.807, 2.05) is 12.1 Å². The van der Waals surface area contributed by atoms with Crippen molar-refractivity contribution in [2.75, 3.05) is 5.73 Å². The molecular weight excluding hydrogens is 350 g/mol. The Hall–Kier alpha value is -2.30. The SMILES string of the molecule is Cl.Nc1ccc(-c2ccc(=O)n(Cc3ccc(Cl)cc3F)c2)cc1. The van der Waals surface area contributed by atoms with E-state index in [0.29, 0.717) is 16.3 Å². The molecule has 3 nitrogen and oxygen atoms in total. The number of benzene rings is 2. The fourth-order valence-electron chi connectivity index (χ4n) is 2.33. The predicted octanol–water partition coefficient (Wildman–Crippen LogP) is 4.36. The summed E-state index contributed by atoms with van der Waals surface area (Å²) >= 11 is 5.75. The summed E-state index contributed by atoms with van der Waals surface area (Å²) in [5, 5.41) is 0.328. The van der Waals surface area contributed by atoms with Gasteiger partial charge in [-0.2, -0.15) is 0 Å². The zero-order chi connectivity index (χ0) is 16.4. The molecule has 0 saturated heterocycles. The summed E-state index contributed by atoms with van der Waals surface area (Å²) in [6.07, 6.45) is 1.71. The van der Waals surface area contributed by atoms with Crippen LogP contribution in [-0.4, -0.2) is 4.57 Å². The minimum atomic E-state index is -0.428. The monoisotopic (exact) mass is 364 g/mol. The summed E-state index contributed by atoms with van der Waals surface area (Å²) in [7, 11) is 0. The van der Waals surface area contributed by atoms with Crippen LogP contribution < -0.4 is 11.3 Å². The first kappa shape index (κ1) is 18.0. The quantitative estimate of drug-likeness (QED) is 0.701. The minimum Gasteiger partial charge on any atom is -0.399 e. The lowest BCUT2D eigenvalue weighted by Gasteiger charge is -2.10. The molecule has 0 atom stereocenters. The van der Waals surface area contributed by atoms with E-state index in [4.69, 9.17) is 17.3 Å². The van der Waals surface area contributed by atoms with E-state index in [0.717, 1.165) is 11.1 Å². The van der Waals surface area contributed by atoms with E-state index in [9.17, 15) is 9.18 Å². The van der Waals surface area contributed by atoms with Crippen LogP contribution in [0.15, 0.2) is 65.6 Å². The molecule has 0 saturated carbocycles. The molecule has 124 valence electrons. The summed E-state index contributed by atoms with van der Waals surface area (Å²) < 4.78 is 15.4. The third-order valence-electron chi connectivity index (χ3n) is 3.58. The molecule has 0 unspecified atom stereocenters. The molecule has 2 N–H and O–H groups in total. The molecule has 24 heavy (non-hydrogen) atoms. The molecule has 2 aromatic carbocycles. The van der Waals surface area contributed by atoms with Gasteiger partial charge in [0.05, 0.1) is 6.54 Å². The third-order valence-corrected chi connectivity index (χ3v) is 3.82. The van der Waals surface area contributed by atoms with Gasteiger partial charge in [-0.25, -0.2) is 4.39 Å². The number of pyridine rings is 1. The number of anilines is 1. The zero-order valence-corrected chi connectivity index (χ0v) is 14.2. The molecule has 0 aliphatic carbocycles.